The van der Waals surface area contributed by atoms with E-state index < -0.39 is 35.1 Å². The van der Waals surface area contributed by atoms with Crippen LogP contribution in [0.15, 0.2) is 51.7 Å². The lowest BCUT2D eigenvalue weighted by Crippen LogP contribution is -2.27. The van der Waals surface area contributed by atoms with Gasteiger partial charge in [-0.1, -0.05) is 12.1 Å². The number of amides is 2. The zero-order valence-electron chi connectivity index (χ0n) is 18.8. The van der Waals surface area contributed by atoms with Crippen molar-refractivity contribution in [3.8, 4) is 0 Å². The van der Waals surface area contributed by atoms with E-state index in [1.807, 2.05) is 0 Å². The van der Waals surface area contributed by atoms with Gasteiger partial charge in [0.1, 0.15) is 5.60 Å². The molecule has 0 aliphatic carbocycles. The van der Waals surface area contributed by atoms with Crippen LogP contribution in [0.5, 0.6) is 0 Å². The van der Waals surface area contributed by atoms with Gasteiger partial charge in [0.05, 0.1) is 22.5 Å². The SMILES string of the molecule is CC(C)(C)OC(=O)Nc1ccc(C(F)(F)F)cc1NC(=O)CCCn1c(=O)oc2ccccc21. The molecule has 182 valence electrons. The lowest BCUT2D eigenvalue weighted by atomic mass is 10.1. The second-order valence-electron chi connectivity index (χ2n) is 8.52. The van der Waals surface area contributed by atoms with E-state index in [-0.39, 0.29) is 30.8 Å². The van der Waals surface area contributed by atoms with E-state index in [1.165, 1.54) is 4.57 Å². The summed E-state index contributed by atoms with van der Waals surface area (Å²) in [5.74, 6) is -1.16. The van der Waals surface area contributed by atoms with Crippen molar-refractivity contribution in [2.45, 2.75) is 51.9 Å². The predicted molar refractivity (Wildman–Crippen MR) is 120 cm³/mol. The van der Waals surface area contributed by atoms with Gasteiger partial charge in [-0.05, 0) is 57.5 Å². The molecule has 3 rings (SSSR count). The number of hydrogen-bond acceptors (Lipinski definition) is 5. The van der Waals surface area contributed by atoms with Crippen molar-refractivity contribution in [2.75, 3.05) is 10.6 Å². The Morgan fingerprint density at radius 3 is 2.41 bits per heavy atom. The van der Waals surface area contributed by atoms with E-state index >= 15 is 0 Å². The molecule has 0 bridgehead atoms. The predicted octanol–water partition coefficient (Wildman–Crippen LogP) is 5.38. The maximum atomic E-state index is 13.2. The fraction of sp³-hybridized carbons (Fsp3) is 0.348. The number of oxazole rings is 1. The molecular formula is C23H24F3N3O5. The summed E-state index contributed by atoms with van der Waals surface area (Å²) in [4.78, 5) is 36.6. The third-order valence-corrected chi connectivity index (χ3v) is 4.62. The second-order valence-corrected chi connectivity index (χ2v) is 8.52. The zero-order valence-corrected chi connectivity index (χ0v) is 18.8. The molecule has 2 aromatic carbocycles. The maximum Gasteiger partial charge on any atom is 0.419 e. The number of carbonyl (C=O) groups is 2. The van der Waals surface area contributed by atoms with Crippen LogP contribution in [0.1, 0.15) is 39.2 Å². The molecule has 2 N–H and O–H groups in total. The van der Waals surface area contributed by atoms with Crippen molar-refractivity contribution >= 4 is 34.5 Å². The molecule has 0 unspecified atom stereocenters. The van der Waals surface area contributed by atoms with Gasteiger partial charge in [-0.3, -0.25) is 14.7 Å². The molecular weight excluding hydrogens is 455 g/mol. The molecule has 0 fully saturated rings. The first-order valence-electron chi connectivity index (χ1n) is 10.4. The minimum Gasteiger partial charge on any atom is -0.444 e. The number of benzene rings is 2. The van der Waals surface area contributed by atoms with Crippen LogP contribution in [0, 0.1) is 0 Å². The number of carbonyl (C=O) groups excluding carboxylic acids is 2. The van der Waals surface area contributed by atoms with Crippen molar-refractivity contribution < 1.29 is 31.9 Å². The van der Waals surface area contributed by atoms with E-state index in [9.17, 15) is 27.6 Å². The number of halogens is 3. The Labute approximate surface area is 192 Å². The van der Waals surface area contributed by atoms with Gasteiger partial charge < -0.3 is 14.5 Å². The minimum atomic E-state index is -4.65. The largest absolute Gasteiger partial charge is 0.444 e. The zero-order chi connectivity index (χ0) is 25.1. The lowest BCUT2D eigenvalue weighted by molar-refractivity contribution is -0.137. The Kier molecular flexibility index (Phi) is 7.04. The van der Waals surface area contributed by atoms with Crippen LogP contribution in [0.2, 0.25) is 0 Å². The Bertz CT molecular complexity index is 1260. The molecule has 34 heavy (non-hydrogen) atoms. The van der Waals surface area contributed by atoms with Gasteiger partial charge >= 0.3 is 18.0 Å². The number of ether oxygens (including phenoxy) is 1. The van der Waals surface area contributed by atoms with Crippen LogP contribution in [0.4, 0.5) is 29.3 Å². The Balaban J connectivity index is 1.71. The number of nitrogens with one attached hydrogen (secondary N) is 2. The van der Waals surface area contributed by atoms with Gasteiger partial charge in [0.2, 0.25) is 5.91 Å². The molecule has 0 saturated heterocycles. The Hall–Kier alpha value is -3.76. The summed E-state index contributed by atoms with van der Waals surface area (Å²) in [5, 5.41) is 4.76. The molecule has 0 saturated carbocycles. The molecule has 0 atom stereocenters. The van der Waals surface area contributed by atoms with Gasteiger partial charge in [0.25, 0.3) is 0 Å². The summed E-state index contributed by atoms with van der Waals surface area (Å²) in [6.45, 7) is 5.08. The molecule has 8 nitrogen and oxygen atoms in total. The standard InChI is InChI=1S/C23H24F3N3O5/c1-22(2,3)34-20(31)28-15-11-10-14(23(24,25)26)13-16(15)27-19(30)9-6-12-29-17-7-4-5-8-18(17)33-21(29)32/h4-5,7-8,10-11,13H,6,9,12H2,1-3H3,(H,27,30)(H,28,31). The summed E-state index contributed by atoms with van der Waals surface area (Å²) in [5.41, 5.74) is -1.10. The van der Waals surface area contributed by atoms with Gasteiger partial charge in [-0.25, -0.2) is 9.59 Å². The van der Waals surface area contributed by atoms with Crippen molar-refractivity contribution in [1.29, 1.82) is 0 Å². The number of rotatable bonds is 6. The summed E-state index contributed by atoms with van der Waals surface area (Å²) in [6.07, 6.45) is -5.39. The molecule has 0 aliphatic rings. The highest BCUT2D eigenvalue weighted by molar-refractivity contribution is 5.98. The first kappa shape index (κ1) is 24.9. The summed E-state index contributed by atoms with van der Waals surface area (Å²) in [7, 11) is 0. The minimum absolute atomic E-state index is 0.0485. The van der Waals surface area contributed by atoms with E-state index in [1.54, 1.807) is 45.0 Å². The molecule has 0 spiro atoms. The molecule has 0 radical (unpaired) electrons. The van der Waals surface area contributed by atoms with Crippen molar-refractivity contribution in [3.05, 3.63) is 58.6 Å². The fourth-order valence-electron chi connectivity index (χ4n) is 3.18. The number of aromatic nitrogens is 1. The van der Waals surface area contributed by atoms with Crippen molar-refractivity contribution in [2.24, 2.45) is 0 Å². The molecule has 2 amide bonds. The highest BCUT2D eigenvalue weighted by atomic mass is 19.4. The van der Waals surface area contributed by atoms with E-state index in [4.69, 9.17) is 9.15 Å². The van der Waals surface area contributed by atoms with Crippen LogP contribution in [-0.4, -0.2) is 22.2 Å². The van der Waals surface area contributed by atoms with E-state index in [2.05, 4.69) is 10.6 Å². The fourth-order valence-corrected chi connectivity index (χ4v) is 3.18. The summed E-state index contributed by atoms with van der Waals surface area (Å²) >= 11 is 0. The average Bonchev–Trinajstić information content (AvgIpc) is 3.02. The second kappa shape index (κ2) is 9.62. The van der Waals surface area contributed by atoms with Crippen molar-refractivity contribution in [3.63, 3.8) is 0 Å². The topological polar surface area (TPSA) is 103 Å². The van der Waals surface area contributed by atoms with Crippen LogP contribution in [0.25, 0.3) is 11.1 Å². The van der Waals surface area contributed by atoms with Gasteiger partial charge in [-0.2, -0.15) is 13.2 Å². The van der Waals surface area contributed by atoms with E-state index in [0.717, 1.165) is 18.2 Å². The van der Waals surface area contributed by atoms with Gasteiger partial charge in [0.15, 0.2) is 5.58 Å². The molecule has 1 heterocycles. The van der Waals surface area contributed by atoms with Gasteiger partial charge in [0, 0.05) is 13.0 Å². The number of aryl methyl sites for hydroxylation is 1. The number of nitrogens with zero attached hydrogens (tertiary/aromatic N) is 1. The molecule has 3 aromatic rings. The highest BCUT2D eigenvalue weighted by Gasteiger charge is 2.31. The van der Waals surface area contributed by atoms with Crippen LogP contribution >= 0.6 is 0 Å². The quantitative estimate of drug-likeness (QED) is 0.494. The monoisotopic (exact) mass is 479 g/mol. The summed E-state index contributed by atoms with van der Waals surface area (Å²) < 4.78 is 51.2. The average molecular weight is 479 g/mol. The van der Waals surface area contributed by atoms with Crippen LogP contribution < -0.4 is 16.4 Å². The van der Waals surface area contributed by atoms with Crippen molar-refractivity contribution in [1.82, 2.24) is 4.57 Å². The van der Waals surface area contributed by atoms with Crippen LogP contribution in [0.3, 0.4) is 0 Å². The lowest BCUT2D eigenvalue weighted by Gasteiger charge is -2.21. The Morgan fingerprint density at radius 2 is 1.74 bits per heavy atom. The molecule has 11 heteroatoms. The number of fused-ring (bicyclic) bond motifs is 1. The number of alkyl halides is 3. The highest BCUT2D eigenvalue weighted by Crippen LogP contribution is 2.34. The first-order valence-corrected chi connectivity index (χ1v) is 10.4. The van der Waals surface area contributed by atoms with Gasteiger partial charge in [-0.15, -0.1) is 0 Å². The third kappa shape index (κ3) is 6.40. The smallest absolute Gasteiger partial charge is 0.419 e. The number of anilines is 2. The summed E-state index contributed by atoms with van der Waals surface area (Å²) in [6, 6.07) is 9.38. The maximum absolute atomic E-state index is 13.2. The number of para-hydroxylation sites is 2. The molecule has 1 aromatic heterocycles. The van der Waals surface area contributed by atoms with Crippen LogP contribution in [-0.2, 0) is 22.3 Å². The third-order valence-electron chi connectivity index (χ3n) is 4.62. The number of hydrogen-bond donors (Lipinski definition) is 2. The Morgan fingerprint density at radius 1 is 1.03 bits per heavy atom. The normalized spacial score (nSPS) is 11.9. The first-order chi connectivity index (χ1) is 15.8. The molecule has 0 aliphatic heterocycles. The van der Waals surface area contributed by atoms with E-state index in [0.29, 0.717) is 11.1 Å².